The van der Waals surface area contributed by atoms with E-state index in [-0.39, 0.29) is 0 Å². The van der Waals surface area contributed by atoms with E-state index in [1.165, 1.54) is 9.40 Å². The van der Waals surface area contributed by atoms with Crippen molar-refractivity contribution in [1.29, 1.82) is 0 Å². The molecular weight excluding hydrogens is 356 g/mol. The molecule has 2 aromatic heterocycles. The molecule has 0 saturated carbocycles. The number of nitrogens with zero attached hydrogens (tertiary/aromatic N) is 2. The lowest BCUT2D eigenvalue weighted by atomic mass is 10.3. The number of para-hydroxylation sites is 2. The van der Waals surface area contributed by atoms with Gasteiger partial charge in [0.05, 0.1) is 31.5 Å². The van der Waals surface area contributed by atoms with Crippen molar-refractivity contribution in [3.05, 3.63) is 59.6 Å². The van der Waals surface area contributed by atoms with Gasteiger partial charge < -0.3 is 0 Å². The molecular formula is C22H30N2S2. The molecule has 0 aliphatic heterocycles. The zero-order valence-corrected chi connectivity index (χ0v) is 18.3. The number of fused-ring (bicyclic) bond motifs is 2. The Morgan fingerprint density at radius 2 is 0.885 bits per heavy atom. The van der Waals surface area contributed by atoms with Crippen LogP contribution < -0.4 is 0 Å². The number of thiazole rings is 2. The molecule has 4 rings (SSSR count). The summed E-state index contributed by atoms with van der Waals surface area (Å²) in [6.07, 6.45) is 0. The van der Waals surface area contributed by atoms with Gasteiger partial charge in [0.15, 0.2) is 0 Å². The van der Waals surface area contributed by atoms with Gasteiger partial charge in [0, 0.05) is 0 Å². The van der Waals surface area contributed by atoms with Gasteiger partial charge in [0.1, 0.15) is 0 Å². The lowest BCUT2D eigenvalue weighted by molar-refractivity contribution is 0.736. The maximum atomic E-state index is 4.14. The minimum Gasteiger partial charge on any atom is -0.245 e. The first-order valence-electron chi connectivity index (χ1n) is 8.96. The molecule has 0 unspecified atom stereocenters. The van der Waals surface area contributed by atoms with Crippen LogP contribution in [0.3, 0.4) is 0 Å². The number of hydrogen-bond acceptors (Lipinski definition) is 4. The summed E-state index contributed by atoms with van der Waals surface area (Å²) in [7, 11) is 0. The van der Waals surface area contributed by atoms with Crippen LogP contribution in [0.15, 0.2) is 59.6 Å². The van der Waals surface area contributed by atoms with E-state index in [1.54, 1.807) is 22.7 Å². The molecule has 2 heterocycles. The van der Waals surface area contributed by atoms with E-state index < -0.39 is 0 Å². The summed E-state index contributed by atoms with van der Waals surface area (Å²) in [4.78, 5) is 8.27. The van der Waals surface area contributed by atoms with Crippen molar-refractivity contribution in [2.24, 2.45) is 11.8 Å². The van der Waals surface area contributed by atoms with Crippen molar-refractivity contribution in [3.63, 3.8) is 0 Å². The monoisotopic (exact) mass is 386 g/mol. The molecule has 4 aromatic rings. The normalized spacial score (nSPS) is 9.85. The summed E-state index contributed by atoms with van der Waals surface area (Å²) >= 11 is 3.35. The van der Waals surface area contributed by atoms with Gasteiger partial charge in [-0.15, -0.1) is 22.7 Å². The Hall–Kier alpha value is -1.78. The molecule has 0 saturated heterocycles. The predicted octanol–water partition coefficient (Wildman–Crippen LogP) is 7.92. The molecule has 0 amide bonds. The second kappa shape index (κ2) is 12.6. The zero-order valence-electron chi connectivity index (χ0n) is 16.6. The van der Waals surface area contributed by atoms with Gasteiger partial charge in [0.25, 0.3) is 0 Å². The van der Waals surface area contributed by atoms with Crippen LogP contribution in [-0.4, -0.2) is 9.97 Å². The summed E-state index contributed by atoms with van der Waals surface area (Å²) in [6, 6.07) is 16.3. The summed E-state index contributed by atoms with van der Waals surface area (Å²) in [5, 5.41) is 0. The van der Waals surface area contributed by atoms with Crippen LogP contribution in [0.5, 0.6) is 0 Å². The fourth-order valence-electron chi connectivity index (χ4n) is 1.61. The van der Waals surface area contributed by atoms with Gasteiger partial charge in [-0.25, -0.2) is 9.97 Å². The minimum absolute atomic E-state index is 0.833. The summed E-state index contributed by atoms with van der Waals surface area (Å²) in [5.74, 6) is 1.67. The first kappa shape index (κ1) is 22.3. The summed E-state index contributed by atoms with van der Waals surface area (Å²) < 4.78 is 2.52. The third kappa shape index (κ3) is 9.64. The molecule has 0 radical (unpaired) electrons. The van der Waals surface area contributed by atoms with Crippen LogP contribution >= 0.6 is 22.7 Å². The number of rotatable bonds is 0. The van der Waals surface area contributed by atoms with Crippen LogP contribution in [0.4, 0.5) is 0 Å². The van der Waals surface area contributed by atoms with Crippen LogP contribution in [0.25, 0.3) is 20.4 Å². The predicted molar refractivity (Wildman–Crippen MR) is 120 cm³/mol. The minimum atomic E-state index is 0.833. The molecule has 0 bridgehead atoms. The Kier molecular flexibility index (Phi) is 10.7. The third-order valence-electron chi connectivity index (χ3n) is 2.47. The maximum absolute atomic E-state index is 4.14. The van der Waals surface area contributed by atoms with Crippen LogP contribution in [0, 0.1) is 11.8 Å². The first-order valence-corrected chi connectivity index (χ1v) is 10.7. The summed E-state index contributed by atoms with van der Waals surface area (Å²) in [5.41, 5.74) is 5.93. The average Bonchev–Trinajstić information content (AvgIpc) is 3.23. The third-order valence-corrected chi connectivity index (χ3v) is 4.09. The zero-order chi connectivity index (χ0) is 19.4. The number of aromatic nitrogens is 2. The Morgan fingerprint density at radius 1 is 0.577 bits per heavy atom. The highest BCUT2D eigenvalue weighted by Gasteiger charge is 1.90. The molecule has 2 aromatic carbocycles. The van der Waals surface area contributed by atoms with E-state index >= 15 is 0 Å². The van der Waals surface area contributed by atoms with Gasteiger partial charge >= 0.3 is 0 Å². The number of hydrogen-bond donors (Lipinski definition) is 0. The van der Waals surface area contributed by atoms with Gasteiger partial charge in [-0.2, -0.15) is 0 Å². The summed E-state index contributed by atoms with van der Waals surface area (Å²) in [6.45, 7) is 13.0. The lowest BCUT2D eigenvalue weighted by Crippen LogP contribution is -1.66. The van der Waals surface area contributed by atoms with Crippen LogP contribution in [0.1, 0.15) is 41.5 Å². The first-order chi connectivity index (χ1) is 12.4. The lowest BCUT2D eigenvalue weighted by Gasteiger charge is -1.80. The fraction of sp³-hybridized carbons (Fsp3) is 0.364. The van der Waals surface area contributed by atoms with Gasteiger partial charge in [-0.05, 0) is 36.1 Å². The molecule has 0 spiro atoms. The van der Waals surface area contributed by atoms with Gasteiger partial charge in [0.2, 0.25) is 0 Å². The van der Waals surface area contributed by atoms with E-state index in [0.717, 1.165) is 22.9 Å². The molecule has 140 valence electrons. The van der Waals surface area contributed by atoms with E-state index in [9.17, 15) is 0 Å². The topological polar surface area (TPSA) is 25.8 Å². The van der Waals surface area contributed by atoms with Crippen molar-refractivity contribution >= 4 is 43.1 Å². The highest BCUT2D eigenvalue weighted by molar-refractivity contribution is 7.17. The molecule has 0 aliphatic carbocycles. The van der Waals surface area contributed by atoms with Crippen LogP contribution in [0.2, 0.25) is 0 Å². The highest BCUT2D eigenvalue weighted by Crippen LogP contribution is 2.16. The second-order valence-electron chi connectivity index (χ2n) is 7.10. The van der Waals surface area contributed by atoms with E-state index in [2.05, 4.69) is 63.6 Å². The van der Waals surface area contributed by atoms with Crippen LogP contribution in [-0.2, 0) is 0 Å². The van der Waals surface area contributed by atoms with Gasteiger partial charge in [-0.3, -0.25) is 0 Å². The SMILES string of the molecule is CC(C)C.CC(C)C.c1ccc2scnc2c1.c1ccc2scnc2c1. The van der Waals surface area contributed by atoms with Gasteiger partial charge in [-0.1, -0.05) is 65.8 Å². The standard InChI is InChI=1S/2C7H5NS.2C4H10/c2*1-2-4-7-6(3-1)8-5-9-7;2*1-4(2)3/h2*1-5H;2*4H,1-3H3. The molecule has 0 fully saturated rings. The Labute approximate surface area is 166 Å². The fourth-order valence-corrected chi connectivity index (χ4v) is 2.96. The Balaban J connectivity index is 0.000000188. The van der Waals surface area contributed by atoms with E-state index in [4.69, 9.17) is 0 Å². The maximum Gasteiger partial charge on any atom is 0.0812 e. The molecule has 26 heavy (non-hydrogen) atoms. The van der Waals surface area contributed by atoms with E-state index in [0.29, 0.717) is 0 Å². The molecule has 4 heteroatoms. The van der Waals surface area contributed by atoms with Crippen molar-refractivity contribution < 1.29 is 0 Å². The van der Waals surface area contributed by atoms with Crippen molar-refractivity contribution in [3.8, 4) is 0 Å². The largest absolute Gasteiger partial charge is 0.245 e. The average molecular weight is 387 g/mol. The van der Waals surface area contributed by atoms with E-state index in [1.807, 2.05) is 47.4 Å². The molecule has 2 nitrogen and oxygen atoms in total. The quantitative estimate of drug-likeness (QED) is 0.307. The molecule has 0 N–H and O–H groups in total. The highest BCUT2D eigenvalue weighted by atomic mass is 32.1. The molecule has 0 atom stereocenters. The van der Waals surface area contributed by atoms with Crippen molar-refractivity contribution in [2.75, 3.05) is 0 Å². The second-order valence-corrected chi connectivity index (χ2v) is 8.88. The van der Waals surface area contributed by atoms with Crippen molar-refractivity contribution in [2.45, 2.75) is 41.5 Å². The smallest absolute Gasteiger partial charge is 0.0812 e. The molecule has 0 aliphatic rings. The Morgan fingerprint density at radius 3 is 1.19 bits per heavy atom. The van der Waals surface area contributed by atoms with Crippen molar-refractivity contribution in [1.82, 2.24) is 9.97 Å². The number of benzene rings is 2. The Bertz CT molecular complexity index is 709.